The maximum absolute atomic E-state index is 11.6. The Hall–Kier alpha value is -1.06. The number of piperidine rings is 1. The van der Waals surface area contributed by atoms with E-state index in [1.807, 2.05) is 11.8 Å². The van der Waals surface area contributed by atoms with Gasteiger partial charge in [-0.25, -0.2) is 0 Å². The predicted octanol–water partition coefficient (Wildman–Crippen LogP) is 0.901. The number of likely N-dealkylation sites (tertiary alicyclic amines) is 1. The number of rotatable bonds is 4. The van der Waals surface area contributed by atoms with Crippen molar-refractivity contribution in [3.8, 4) is 0 Å². The van der Waals surface area contributed by atoms with Crippen molar-refractivity contribution < 1.29 is 9.59 Å². The van der Waals surface area contributed by atoms with Crippen molar-refractivity contribution in [2.45, 2.75) is 39.0 Å². The van der Waals surface area contributed by atoms with Gasteiger partial charge in [-0.3, -0.25) is 9.59 Å². The third-order valence-electron chi connectivity index (χ3n) is 2.92. The van der Waals surface area contributed by atoms with E-state index in [9.17, 15) is 9.59 Å². The smallest absolute Gasteiger partial charge is 0.222 e. The first-order valence-corrected chi connectivity index (χ1v) is 5.69. The lowest BCUT2D eigenvalue weighted by Crippen LogP contribution is -2.39. The average molecular weight is 212 g/mol. The fourth-order valence-corrected chi connectivity index (χ4v) is 2.04. The number of carbonyl (C=O) groups excluding carboxylic acids is 2. The van der Waals surface area contributed by atoms with Crippen LogP contribution in [0.5, 0.6) is 0 Å². The summed E-state index contributed by atoms with van der Waals surface area (Å²) >= 11 is 0. The van der Waals surface area contributed by atoms with E-state index in [4.69, 9.17) is 5.73 Å². The lowest BCUT2D eigenvalue weighted by atomic mass is 9.93. The third kappa shape index (κ3) is 3.90. The van der Waals surface area contributed by atoms with Gasteiger partial charge >= 0.3 is 0 Å². The normalized spacial score (nSPS) is 17.8. The van der Waals surface area contributed by atoms with Gasteiger partial charge in [0.2, 0.25) is 11.8 Å². The maximum atomic E-state index is 11.6. The number of nitrogens with zero attached hydrogens (tertiary/aromatic N) is 1. The minimum Gasteiger partial charge on any atom is -0.370 e. The molecule has 0 unspecified atom stereocenters. The van der Waals surface area contributed by atoms with Crippen LogP contribution in [0.2, 0.25) is 0 Å². The first kappa shape index (κ1) is 12.0. The van der Waals surface area contributed by atoms with Gasteiger partial charge in [0.05, 0.1) is 0 Å². The van der Waals surface area contributed by atoms with Gasteiger partial charge in [-0.1, -0.05) is 6.92 Å². The average Bonchev–Trinajstić information content (AvgIpc) is 2.18. The molecule has 1 aliphatic heterocycles. The van der Waals surface area contributed by atoms with E-state index in [0.717, 1.165) is 32.4 Å². The summed E-state index contributed by atoms with van der Waals surface area (Å²) in [4.78, 5) is 24.2. The molecule has 0 bridgehead atoms. The fraction of sp³-hybridized carbons (Fsp3) is 0.818. The summed E-state index contributed by atoms with van der Waals surface area (Å²) in [6.07, 6.45) is 3.84. The topological polar surface area (TPSA) is 63.4 Å². The highest BCUT2D eigenvalue weighted by Crippen LogP contribution is 2.20. The Morgan fingerprint density at radius 3 is 2.40 bits per heavy atom. The van der Waals surface area contributed by atoms with Crippen LogP contribution in [0.4, 0.5) is 0 Å². The Labute approximate surface area is 90.8 Å². The summed E-state index contributed by atoms with van der Waals surface area (Å²) in [5, 5.41) is 0. The Morgan fingerprint density at radius 2 is 1.93 bits per heavy atom. The Morgan fingerprint density at radius 1 is 1.33 bits per heavy atom. The van der Waals surface area contributed by atoms with E-state index >= 15 is 0 Å². The third-order valence-corrected chi connectivity index (χ3v) is 2.92. The molecule has 4 nitrogen and oxygen atoms in total. The van der Waals surface area contributed by atoms with Crippen LogP contribution in [0, 0.1) is 5.92 Å². The van der Waals surface area contributed by atoms with Crippen molar-refractivity contribution in [2.75, 3.05) is 13.1 Å². The van der Waals surface area contributed by atoms with Crippen LogP contribution in [0.3, 0.4) is 0 Å². The highest BCUT2D eigenvalue weighted by Gasteiger charge is 2.22. The second-order valence-electron chi connectivity index (χ2n) is 4.24. The van der Waals surface area contributed by atoms with Crippen LogP contribution in [0.1, 0.15) is 39.0 Å². The molecule has 2 N–H and O–H groups in total. The van der Waals surface area contributed by atoms with Gasteiger partial charge in [0, 0.05) is 25.9 Å². The SMILES string of the molecule is CCCC(=O)N1CCC(CC(N)=O)CC1. The van der Waals surface area contributed by atoms with Crippen LogP contribution in [-0.2, 0) is 9.59 Å². The molecular weight excluding hydrogens is 192 g/mol. The predicted molar refractivity (Wildman–Crippen MR) is 58.0 cm³/mol. The zero-order valence-corrected chi connectivity index (χ0v) is 9.37. The minimum atomic E-state index is -0.228. The summed E-state index contributed by atoms with van der Waals surface area (Å²) in [7, 11) is 0. The van der Waals surface area contributed by atoms with Gasteiger partial charge in [0.15, 0.2) is 0 Å². The second-order valence-corrected chi connectivity index (χ2v) is 4.24. The zero-order chi connectivity index (χ0) is 11.3. The molecule has 15 heavy (non-hydrogen) atoms. The molecule has 0 spiro atoms. The van der Waals surface area contributed by atoms with Gasteiger partial charge in [-0.15, -0.1) is 0 Å². The Balaban J connectivity index is 2.29. The zero-order valence-electron chi connectivity index (χ0n) is 9.37. The quantitative estimate of drug-likeness (QED) is 0.752. The van der Waals surface area contributed by atoms with Crippen molar-refractivity contribution in [1.82, 2.24) is 4.90 Å². The first-order chi connectivity index (χ1) is 7.13. The minimum absolute atomic E-state index is 0.228. The van der Waals surface area contributed by atoms with Crippen molar-refractivity contribution in [3.63, 3.8) is 0 Å². The van der Waals surface area contributed by atoms with Crippen LogP contribution >= 0.6 is 0 Å². The van der Waals surface area contributed by atoms with Gasteiger partial charge in [0.1, 0.15) is 0 Å². The molecule has 1 rings (SSSR count). The number of hydrogen-bond donors (Lipinski definition) is 1. The van der Waals surface area contributed by atoms with E-state index in [1.165, 1.54) is 0 Å². The summed E-state index contributed by atoms with van der Waals surface area (Å²) in [6, 6.07) is 0. The molecule has 4 heteroatoms. The van der Waals surface area contributed by atoms with Crippen molar-refractivity contribution in [2.24, 2.45) is 11.7 Å². The number of hydrogen-bond acceptors (Lipinski definition) is 2. The molecule has 0 saturated carbocycles. The van der Waals surface area contributed by atoms with Gasteiger partial charge < -0.3 is 10.6 Å². The highest BCUT2D eigenvalue weighted by molar-refractivity contribution is 5.76. The fourth-order valence-electron chi connectivity index (χ4n) is 2.04. The molecular formula is C11H20N2O2. The van der Waals surface area contributed by atoms with Crippen LogP contribution in [0.15, 0.2) is 0 Å². The van der Waals surface area contributed by atoms with E-state index in [2.05, 4.69) is 0 Å². The van der Waals surface area contributed by atoms with Gasteiger partial charge in [0.25, 0.3) is 0 Å². The van der Waals surface area contributed by atoms with Crippen molar-refractivity contribution >= 4 is 11.8 Å². The molecule has 0 aromatic carbocycles. The summed E-state index contributed by atoms with van der Waals surface area (Å²) in [6.45, 7) is 3.59. The van der Waals surface area contributed by atoms with E-state index in [-0.39, 0.29) is 11.8 Å². The Kier molecular flexibility index (Phi) is 4.59. The summed E-state index contributed by atoms with van der Waals surface area (Å²) in [5.41, 5.74) is 5.15. The van der Waals surface area contributed by atoms with E-state index in [0.29, 0.717) is 18.8 Å². The molecule has 0 aromatic heterocycles. The Bertz CT molecular complexity index is 233. The molecule has 1 heterocycles. The molecule has 86 valence electrons. The first-order valence-electron chi connectivity index (χ1n) is 5.69. The lowest BCUT2D eigenvalue weighted by molar-refractivity contribution is -0.132. The second kappa shape index (κ2) is 5.73. The van der Waals surface area contributed by atoms with Crippen LogP contribution < -0.4 is 5.73 Å². The lowest BCUT2D eigenvalue weighted by Gasteiger charge is -2.31. The number of nitrogens with two attached hydrogens (primary N) is 1. The number of primary amides is 1. The van der Waals surface area contributed by atoms with E-state index < -0.39 is 0 Å². The van der Waals surface area contributed by atoms with Gasteiger partial charge in [-0.2, -0.15) is 0 Å². The van der Waals surface area contributed by atoms with Crippen molar-refractivity contribution in [1.29, 1.82) is 0 Å². The summed E-state index contributed by atoms with van der Waals surface area (Å²) < 4.78 is 0. The van der Waals surface area contributed by atoms with Crippen LogP contribution in [-0.4, -0.2) is 29.8 Å². The molecule has 1 aliphatic rings. The molecule has 1 fully saturated rings. The molecule has 0 atom stereocenters. The highest BCUT2D eigenvalue weighted by atomic mass is 16.2. The summed E-state index contributed by atoms with van der Waals surface area (Å²) in [5.74, 6) is 0.400. The number of amides is 2. The molecule has 0 aromatic rings. The van der Waals surface area contributed by atoms with E-state index in [1.54, 1.807) is 0 Å². The van der Waals surface area contributed by atoms with Crippen molar-refractivity contribution in [3.05, 3.63) is 0 Å². The standard InChI is InChI=1S/C11H20N2O2/c1-2-3-11(15)13-6-4-9(5-7-13)8-10(12)14/h9H,2-8H2,1H3,(H2,12,14). The molecule has 0 radical (unpaired) electrons. The maximum Gasteiger partial charge on any atom is 0.222 e. The molecule has 0 aliphatic carbocycles. The monoisotopic (exact) mass is 212 g/mol. The number of carbonyl (C=O) groups is 2. The van der Waals surface area contributed by atoms with Crippen LogP contribution in [0.25, 0.3) is 0 Å². The van der Waals surface area contributed by atoms with Gasteiger partial charge in [-0.05, 0) is 25.2 Å². The molecule has 1 saturated heterocycles. The molecule has 2 amide bonds. The largest absolute Gasteiger partial charge is 0.370 e.